The van der Waals surface area contributed by atoms with Crippen LogP contribution in [0.5, 0.6) is 0 Å². The number of unbranched alkanes of at least 4 members (excludes halogenated alkanes) is 1. The second kappa shape index (κ2) is 10.4. The van der Waals surface area contributed by atoms with Crippen LogP contribution in [0.15, 0.2) is 35.7 Å². The van der Waals surface area contributed by atoms with Crippen LogP contribution in [0, 0.1) is 6.92 Å². The van der Waals surface area contributed by atoms with E-state index < -0.39 is 0 Å². The van der Waals surface area contributed by atoms with Crippen LogP contribution in [0.4, 0.5) is 5.69 Å². The third kappa shape index (κ3) is 5.84. The number of aryl methyl sites for hydroxylation is 1. The van der Waals surface area contributed by atoms with Gasteiger partial charge in [-0.25, -0.2) is 0 Å². The largest absolute Gasteiger partial charge is 0.369 e. The minimum atomic E-state index is 0.167. The first-order chi connectivity index (χ1) is 14.7. The Morgan fingerprint density at radius 2 is 1.93 bits per heavy atom. The quantitative estimate of drug-likeness (QED) is 0.659. The van der Waals surface area contributed by atoms with Crippen molar-refractivity contribution in [2.45, 2.75) is 32.7 Å². The second-order valence-corrected chi connectivity index (χ2v) is 9.56. The lowest BCUT2D eigenvalue weighted by atomic mass is 10.1. The molecule has 5 nitrogen and oxygen atoms in total. The Bertz CT molecular complexity index is 828. The molecule has 4 rings (SSSR count). The molecule has 30 heavy (non-hydrogen) atoms. The van der Waals surface area contributed by atoms with Crippen molar-refractivity contribution in [2.24, 2.45) is 0 Å². The fraction of sp³-hybridized carbons (Fsp3) is 0.542. The highest BCUT2D eigenvalue weighted by Crippen LogP contribution is 2.23. The molecule has 3 heterocycles. The van der Waals surface area contributed by atoms with Gasteiger partial charge >= 0.3 is 0 Å². The SMILES string of the molecule is Cc1cccc(N2CCN(CCCCNC(=O)CN3CCc4sccc4C3)CC2)c1. The molecular weight excluding hydrogens is 392 g/mol. The van der Waals surface area contributed by atoms with E-state index in [0.29, 0.717) is 6.54 Å². The molecular formula is C24H34N4OS. The number of nitrogens with zero attached hydrogens (tertiary/aromatic N) is 3. The Labute approximate surface area is 184 Å². The molecule has 0 spiro atoms. The van der Waals surface area contributed by atoms with Crippen LogP contribution in [-0.2, 0) is 17.8 Å². The standard InChI is InChI=1S/C24H34N4OS/c1-20-5-4-6-22(17-20)28-14-12-26(13-15-28)10-3-2-9-25-24(29)19-27-11-7-23-21(18-27)8-16-30-23/h4-6,8,16-17H,2-3,7,9-15,18-19H2,1H3,(H,25,29). The van der Waals surface area contributed by atoms with E-state index in [-0.39, 0.29) is 5.91 Å². The maximum atomic E-state index is 12.3. The average Bonchev–Trinajstić information content (AvgIpc) is 3.22. The molecule has 2 aliphatic rings. The first-order valence-electron chi connectivity index (χ1n) is 11.3. The predicted octanol–water partition coefficient (Wildman–Crippen LogP) is 3.13. The van der Waals surface area contributed by atoms with Crippen LogP contribution in [0.3, 0.4) is 0 Å². The van der Waals surface area contributed by atoms with E-state index in [9.17, 15) is 4.79 Å². The smallest absolute Gasteiger partial charge is 0.234 e. The van der Waals surface area contributed by atoms with Crippen molar-refractivity contribution in [3.05, 3.63) is 51.7 Å². The minimum Gasteiger partial charge on any atom is -0.369 e. The van der Waals surface area contributed by atoms with E-state index >= 15 is 0 Å². The van der Waals surface area contributed by atoms with Gasteiger partial charge in [0.25, 0.3) is 0 Å². The van der Waals surface area contributed by atoms with Crippen LogP contribution in [-0.4, -0.2) is 68.1 Å². The predicted molar refractivity (Wildman–Crippen MR) is 125 cm³/mol. The van der Waals surface area contributed by atoms with Gasteiger partial charge in [-0.3, -0.25) is 14.6 Å². The van der Waals surface area contributed by atoms with Crippen molar-refractivity contribution in [2.75, 3.05) is 57.3 Å². The second-order valence-electron chi connectivity index (χ2n) is 8.55. The van der Waals surface area contributed by atoms with Crippen molar-refractivity contribution in [1.29, 1.82) is 0 Å². The van der Waals surface area contributed by atoms with Gasteiger partial charge in [-0.05, 0) is 67.4 Å². The Morgan fingerprint density at radius 3 is 2.77 bits per heavy atom. The van der Waals surface area contributed by atoms with Crippen LogP contribution in [0.25, 0.3) is 0 Å². The summed E-state index contributed by atoms with van der Waals surface area (Å²) >= 11 is 1.84. The number of benzene rings is 1. The van der Waals surface area contributed by atoms with E-state index in [0.717, 1.165) is 71.6 Å². The van der Waals surface area contributed by atoms with Gasteiger partial charge in [0.05, 0.1) is 6.54 Å². The molecule has 162 valence electrons. The monoisotopic (exact) mass is 426 g/mol. The molecule has 2 aromatic rings. The fourth-order valence-electron chi connectivity index (χ4n) is 4.44. The van der Waals surface area contributed by atoms with E-state index in [1.165, 1.54) is 21.7 Å². The lowest BCUT2D eigenvalue weighted by Gasteiger charge is -2.36. The van der Waals surface area contributed by atoms with Gasteiger partial charge in [0.2, 0.25) is 5.91 Å². The highest BCUT2D eigenvalue weighted by atomic mass is 32.1. The summed E-state index contributed by atoms with van der Waals surface area (Å²) in [6.07, 6.45) is 3.28. The Balaban J connectivity index is 1.06. The molecule has 1 N–H and O–H groups in total. The topological polar surface area (TPSA) is 38.8 Å². The maximum absolute atomic E-state index is 12.3. The molecule has 0 unspecified atom stereocenters. The Kier molecular flexibility index (Phi) is 7.42. The lowest BCUT2D eigenvalue weighted by Crippen LogP contribution is -2.46. The number of thiophene rings is 1. The summed E-state index contributed by atoms with van der Waals surface area (Å²) < 4.78 is 0. The Hall–Kier alpha value is -1.89. The summed E-state index contributed by atoms with van der Waals surface area (Å²) in [6.45, 7) is 11.0. The molecule has 0 saturated carbocycles. The van der Waals surface area contributed by atoms with Gasteiger partial charge in [-0.1, -0.05) is 12.1 Å². The fourth-order valence-corrected chi connectivity index (χ4v) is 5.33. The van der Waals surface area contributed by atoms with Gasteiger partial charge in [-0.15, -0.1) is 11.3 Å². The van der Waals surface area contributed by atoms with Crippen molar-refractivity contribution in [1.82, 2.24) is 15.1 Å². The molecule has 1 fully saturated rings. The molecule has 1 saturated heterocycles. The molecule has 1 amide bonds. The summed E-state index contributed by atoms with van der Waals surface area (Å²) in [5, 5.41) is 5.28. The van der Waals surface area contributed by atoms with Crippen molar-refractivity contribution < 1.29 is 4.79 Å². The van der Waals surface area contributed by atoms with E-state index in [1.807, 2.05) is 11.3 Å². The van der Waals surface area contributed by atoms with Crippen LogP contribution in [0.2, 0.25) is 0 Å². The summed E-state index contributed by atoms with van der Waals surface area (Å²) in [5.41, 5.74) is 4.08. The number of fused-ring (bicyclic) bond motifs is 1. The van der Waals surface area contributed by atoms with Gasteiger partial charge in [0.1, 0.15) is 0 Å². The van der Waals surface area contributed by atoms with Gasteiger partial charge in [0, 0.05) is 56.4 Å². The molecule has 0 bridgehead atoms. The number of anilines is 1. The first-order valence-corrected chi connectivity index (χ1v) is 12.1. The molecule has 0 aliphatic carbocycles. The maximum Gasteiger partial charge on any atom is 0.234 e. The van der Waals surface area contributed by atoms with Gasteiger partial charge in [-0.2, -0.15) is 0 Å². The number of piperazine rings is 1. The van der Waals surface area contributed by atoms with Gasteiger partial charge in [0.15, 0.2) is 0 Å². The number of carbonyl (C=O) groups excluding carboxylic acids is 1. The van der Waals surface area contributed by atoms with Crippen molar-refractivity contribution in [3.8, 4) is 0 Å². The van der Waals surface area contributed by atoms with Crippen LogP contribution >= 0.6 is 11.3 Å². The van der Waals surface area contributed by atoms with E-state index in [2.05, 4.69) is 62.7 Å². The normalized spacial score (nSPS) is 17.7. The summed E-state index contributed by atoms with van der Waals surface area (Å²) in [6, 6.07) is 11.0. The number of amides is 1. The molecule has 0 radical (unpaired) electrons. The number of carbonyl (C=O) groups is 1. The zero-order chi connectivity index (χ0) is 20.8. The Morgan fingerprint density at radius 1 is 1.07 bits per heavy atom. The summed E-state index contributed by atoms with van der Waals surface area (Å²) in [7, 11) is 0. The molecule has 1 aromatic carbocycles. The third-order valence-corrected chi connectivity index (χ3v) is 7.24. The lowest BCUT2D eigenvalue weighted by molar-refractivity contribution is -0.122. The van der Waals surface area contributed by atoms with Gasteiger partial charge < -0.3 is 10.2 Å². The first kappa shape index (κ1) is 21.3. The zero-order valence-corrected chi connectivity index (χ0v) is 18.9. The van der Waals surface area contributed by atoms with Crippen molar-refractivity contribution >= 4 is 22.9 Å². The van der Waals surface area contributed by atoms with E-state index in [4.69, 9.17) is 0 Å². The number of nitrogens with one attached hydrogen (secondary N) is 1. The van der Waals surface area contributed by atoms with Crippen LogP contribution < -0.4 is 10.2 Å². The zero-order valence-electron chi connectivity index (χ0n) is 18.1. The summed E-state index contributed by atoms with van der Waals surface area (Å²) in [4.78, 5) is 21.1. The highest BCUT2D eigenvalue weighted by molar-refractivity contribution is 7.10. The number of hydrogen-bond donors (Lipinski definition) is 1. The average molecular weight is 427 g/mol. The van der Waals surface area contributed by atoms with Crippen LogP contribution in [0.1, 0.15) is 28.8 Å². The number of hydrogen-bond acceptors (Lipinski definition) is 5. The molecule has 1 aromatic heterocycles. The molecule has 0 atom stereocenters. The highest BCUT2D eigenvalue weighted by Gasteiger charge is 2.19. The number of rotatable bonds is 8. The van der Waals surface area contributed by atoms with Crippen molar-refractivity contribution in [3.63, 3.8) is 0 Å². The minimum absolute atomic E-state index is 0.167. The molecule has 6 heteroatoms. The van der Waals surface area contributed by atoms with E-state index in [1.54, 1.807) is 0 Å². The molecule has 2 aliphatic heterocycles. The third-order valence-electron chi connectivity index (χ3n) is 6.22. The summed E-state index contributed by atoms with van der Waals surface area (Å²) in [5.74, 6) is 0.167.